The van der Waals surface area contributed by atoms with E-state index in [1.165, 1.54) is 17.4 Å². The largest absolute Gasteiger partial charge is 0.457 e. The van der Waals surface area contributed by atoms with Gasteiger partial charge >= 0.3 is 11.6 Å². The molecule has 0 atom stereocenters. The van der Waals surface area contributed by atoms with Crippen LogP contribution in [-0.2, 0) is 24.3 Å². The second kappa shape index (κ2) is 8.26. The molecule has 1 aliphatic rings. The average molecular weight is 465 g/mol. The van der Waals surface area contributed by atoms with Crippen LogP contribution in [0.25, 0.3) is 21.2 Å². The van der Waals surface area contributed by atoms with E-state index in [9.17, 15) is 14.4 Å². The highest BCUT2D eigenvalue weighted by Crippen LogP contribution is 2.30. The molecule has 0 fully saturated rings. The van der Waals surface area contributed by atoms with Crippen molar-refractivity contribution in [2.45, 2.75) is 59.6 Å². The molecule has 4 aromatic rings. The number of ether oxygens (including phenoxy) is 1. The highest BCUT2D eigenvalue weighted by molar-refractivity contribution is 7.20. The zero-order valence-electron chi connectivity index (χ0n) is 18.8. The summed E-state index contributed by atoms with van der Waals surface area (Å²) in [6.45, 7) is 6.28. The van der Waals surface area contributed by atoms with E-state index in [-0.39, 0.29) is 12.2 Å². The van der Waals surface area contributed by atoms with Gasteiger partial charge in [-0.05, 0) is 62.4 Å². The van der Waals surface area contributed by atoms with Crippen LogP contribution >= 0.6 is 11.3 Å². The second-order valence-corrected chi connectivity index (χ2v) is 9.63. The molecule has 3 aromatic heterocycles. The fourth-order valence-electron chi connectivity index (χ4n) is 4.42. The molecule has 0 unspecified atom stereocenters. The van der Waals surface area contributed by atoms with E-state index in [1.54, 1.807) is 11.5 Å². The maximum Gasteiger partial charge on any atom is 0.349 e. The van der Waals surface area contributed by atoms with Crippen molar-refractivity contribution >= 4 is 38.5 Å². The Morgan fingerprint density at radius 3 is 2.73 bits per heavy atom. The van der Waals surface area contributed by atoms with Crippen LogP contribution < -0.4 is 11.2 Å². The van der Waals surface area contributed by atoms with E-state index < -0.39 is 11.6 Å². The zero-order valence-corrected chi connectivity index (χ0v) is 19.6. The van der Waals surface area contributed by atoms with Crippen LogP contribution in [0.1, 0.15) is 57.0 Å². The van der Waals surface area contributed by atoms with Crippen molar-refractivity contribution in [3.05, 3.63) is 71.9 Å². The molecule has 0 saturated heterocycles. The van der Waals surface area contributed by atoms with Gasteiger partial charge < -0.3 is 9.15 Å². The van der Waals surface area contributed by atoms with Gasteiger partial charge in [-0.1, -0.05) is 6.42 Å². The summed E-state index contributed by atoms with van der Waals surface area (Å²) in [5.41, 5.74) is 3.14. The minimum atomic E-state index is -0.527. The zero-order chi connectivity index (χ0) is 23.3. The first kappa shape index (κ1) is 21.6. The van der Waals surface area contributed by atoms with Crippen molar-refractivity contribution in [3.63, 3.8) is 0 Å². The fourth-order valence-corrected chi connectivity index (χ4v) is 5.50. The number of rotatable bonds is 3. The number of hydrogen-bond donors (Lipinski definition) is 0. The van der Waals surface area contributed by atoms with Crippen molar-refractivity contribution in [1.29, 1.82) is 0 Å². The Morgan fingerprint density at radius 1 is 1.12 bits per heavy atom. The molecule has 33 heavy (non-hydrogen) atoms. The maximum atomic E-state index is 13.1. The summed E-state index contributed by atoms with van der Waals surface area (Å²) in [7, 11) is 0. The van der Waals surface area contributed by atoms with Crippen LogP contribution in [0.5, 0.6) is 0 Å². The van der Waals surface area contributed by atoms with Crippen molar-refractivity contribution in [2.24, 2.45) is 0 Å². The SMILES string of the molecule is Cc1cc2oc(=O)cc(COC(=O)c3sc4nc5n(c(=O)c4c3C)CCCCC5)c2cc1C. The van der Waals surface area contributed by atoms with Crippen LogP contribution in [0.3, 0.4) is 0 Å². The highest BCUT2D eigenvalue weighted by Gasteiger charge is 2.23. The summed E-state index contributed by atoms with van der Waals surface area (Å²) in [6, 6.07) is 5.10. The molecule has 0 saturated carbocycles. The lowest BCUT2D eigenvalue weighted by atomic mass is 10.0. The lowest BCUT2D eigenvalue weighted by Crippen LogP contribution is -2.24. The summed E-state index contributed by atoms with van der Waals surface area (Å²) in [5, 5.41) is 1.23. The molecule has 0 amide bonds. The van der Waals surface area contributed by atoms with Gasteiger partial charge in [-0.2, -0.15) is 0 Å². The van der Waals surface area contributed by atoms with E-state index in [1.807, 2.05) is 26.0 Å². The number of thiophene rings is 1. The third-order valence-electron chi connectivity index (χ3n) is 6.40. The Labute approximate surface area is 193 Å². The number of aromatic nitrogens is 2. The quantitative estimate of drug-likeness (QED) is 0.326. The van der Waals surface area contributed by atoms with Gasteiger partial charge in [0.1, 0.15) is 27.7 Å². The van der Waals surface area contributed by atoms with Gasteiger partial charge in [-0.15, -0.1) is 11.3 Å². The van der Waals surface area contributed by atoms with Gasteiger partial charge in [0.05, 0.1) is 5.39 Å². The van der Waals surface area contributed by atoms with Crippen molar-refractivity contribution in [3.8, 4) is 0 Å². The third kappa shape index (κ3) is 3.78. The molecule has 8 heteroatoms. The Kier molecular flexibility index (Phi) is 5.40. The van der Waals surface area contributed by atoms with Gasteiger partial charge in [0, 0.05) is 30.0 Å². The molecular weight excluding hydrogens is 440 g/mol. The van der Waals surface area contributed by atoms with E-state index in [0.29, 0.717) is 38.3 Å². The van der Waals surface area contributed by atoms with Gasteiger partial charge in [-0.3, -0.25) is 9.36 Å². The molecule has 4 heterocycles. The van der Waals surface area contributed by atoms with Gasteiger partial charge in [-0.25, -0.2) is 14.6 Å². The maximum absolute atomic E-state index is 13.1. The van der Waals surface area contributed by atoms with Crippen LogP contribution in [0, 0.1) is 20.8 Å². The first-order valence-electron chi connectivity index (χ1n) is 11.1. The first-order valence-corrected chi connectivity index (χ1v) is 11.9. The van der Waals surface area contributed by atoms with E-state index >= 15 is 0 Å². The third-order valence-corrected chi connectivity index (χ3v) is 7.57. The van der Waals surface area contributed by atoms with Crippen LogP contribution in [-0.4, -0.2) is 15.5 Å². The minimum Gasteiger partial charge on any atom is -0.457 e. The first-order chi connectivity index (χ1) is 15.8. The Hall–Kier alpha value is -3.26. The number of carbonyl (C=O) groups is 1. The standard InChI is InChI=1S/C25H24N2O5S/c1-13-9-17-16(11-20(28)32-18(17)10-14(13)2)12-31-25(30)22-15(3)21-23(33-22)26-19-7-5-4-6-8-27(19)24(21)29/h9-11H,4-8,12H2,1-3H3. The number of hydrogen-bond acceptors (Lipinski definition) is 7. The Bertz CT molecular complexity index is 1540. The molecule has 0 spiro atoms. The number of esters is 1. The van der Waals surface area contributed by atoms with Crippen LogP contribution in [0.15, 0.2) is 32.2 Å². The number of carbonyl (C=O) groups excluding carboxylic acids is 1. The smallest absolute Gasteiger partial charge is 0.349 e. The molecule has 0 bridgehead atoms. The average Bonchev–Trinajstić information content (AvgIpc) is 2.94. The predicted octanol–water partition coefficient (Wildman–Crippen LogP) is 4.57. The number of fused-ring (bicyclic) bond motifs is 3. The fraction of sp³-hybridized carbons (Fsp3) is 0.360. The van der Waals surface area contributed by atoms with Crippen molar-refractivity contribution in [2.75, 3.05) is 0 Å². The van der Waals surface area contributed by atoms with Gasteiger partial charge in [0.25, 0.3) is 5.56 Å². The molecule has 0 aliphatic carbocycles. The van der Waals surface area contributed by atoms with E-state index in [4.69, 9.17) is 14.1 Å². The lowest BCUT2D eigenvalue weighted by Gasteiger charge is -2.09. The molecule has 0 N–H and O–H groups in total. The molecule has 5 rings (SSSR count). The second-order valence-electron chi connectivity index (χ2n) is 8.63. The summed E-state index contributed by atoms with van der Waals surface area (Å²) < 4.78 is 12.7. The summed E-state index contributed by atoms with van der Waals surface area (Å²) in [5.74, 6) is 0.264. The summed E-state index contributed by atoms with van der Waals surface area (Å²) >= 11 is 1.19. The van der Waals surface area contributed by atoms with Crippen LogP contribution in [0.4, 0.5) is 0 Å². The molecule has 0 radical (unpaired) electrons. The molecule has 1 aliphatic heterocycles. The normalized spacial score (nSPS) is 13.8. The van der Waals surface area contributed by atoms with Gasteiger partial charge in [0.15, 0.2) is 0 Å². The monoisotopic (exact) mass is 464 g/mol. The highest BCUT2D eigenvalue weighted by atomic mass is 32.1. The molecule has 7 nitrogen and oxygen atoms in total. The Morgan fingerprint density at radius 2 is 1.91 bits per heavy atom. The van der Waals surface area contributed by atoms with Gasteiger partial charge in [0.2, 0.25) is 0 Å². The molecule has 1 aromatic carbocycles. The lowest BCUT2D eigenvalue weighted by molar-refractivity contribution is 0.0479. The Balaban J connectivity index is 1.49. The van der Waals surface area contributed by atoms with Crippen molar-refractivity contribution in [1.82, 2.24) is 9.55 Å². The predicted molar refractivity (Wildman–Crippen MR) is 127 cm³/mol. The number of nitrogens with zero attached hydrogens (tertiary/aromatic N) is 2. The summed E-state index contributed by atoms with van der Waals surface area (Å²) in [4.78, 5) is 43.8. The minimum absolute atomic E-state index is 0.0694. The molecular formula is C25H24N2O5S. The van der Waals surface area contributed by atoms with E-state index in [0.717, 1.165) is 48.0 Å². The summed E-state index contributed by atoms with van der Waals surface area (Å²) in [6.07, 6.45) is 3.81. The van der Waals surface area contributed by atoms with Crippen LogP contribution in [0.2, 0.25) is 0 Å². The van der Waals surface area contributed by atoms with Crippen molar-refractivity contribution < 1.29 is 13.9 Å². The van der Waals surface area contributed by atoms with E-state index in [2.05, 4.69) is 0 Å². The number of aryl methyl sites for hydroxylation is 4. The number of benzene rings is 1. The molecule has 170 valence electrons. The topological polar surface area (TPSA) is 91.4 Å².